The molecule has 0 spiro atoms. The Bertz CT molecular complexity index is 409. The molecule has 5 heteroatoms. The molecular weight excluding hydrogens is 258 g/mol. The molecule has 0 aliphatic rings. The van der Waals surface area contributed by atoms with Crippen LogP contribution in [-0.2, 0) is 0 Å². The summed E-state index contributed by atoms with van der Waals surface area (Å²) in [4.78, 5) is 17.5. The number of nitrogens with one attached hydrogen (secondary N) is 1. The molecule has 19 heavy (non-hydrogen) atoms. The number of carbonyl (C=O) groups excluding carboxylic acids is 1. The summed E-state index contributed by atoms with van der Waals surface area (Å²) in [5, 5.41) is 3.41. The van der Waals surface area contributed by atoms with Crippen molar-refractivity contribution in [1.29, 1.82) is 0 Å². The van der Waals surface area contributed by atoms with E-state index >= 15 is 0 Å². The Morgan fingerprint density at radius 1 is 1.53 bits per heavy atom. The molecule has 1 N–H and O–H groups in total. The number of carbonyl (C=O) groups is 1. The zero-order valence-corrected chi connectivity index (χ0v) is 13.0. The molecule has 0 saturated heterocycles. The predicted octanol–water partition coefficient (Wildman–Crippen LogP) is 2.73. The number of nitrogens with zero attached hydrogens (tertiary/aromatic N) is 2. The van der Waals surface area contributed by atoms with Crippen molar-refractivity contribution in [2.24, 2.45) is 0 Å². The Kier molecular flexibility index (Phi) is 6.70. The second-order valence-corrected chi connectivity index (χ2v) is 6.05. The molecule has 0 radical (unpaired) electrons. The van der Waals surface area contributed by atoms with Crippen molar-refractivity contribution in [1.82, 2.24) is 9.88 Å². The molecular formula is C14H23N3OS. The third-order valence-corrected chi connectivity index (χ3v) is 3.63. The van der Waals surface area contributed by atoms with Crippen LogP contribution < -0.4 is 5.32 Å². The summed E-state index contributed by atoms with van der Waals surface area (Å²) in [5.41, 5.74) is 1.43. The van der Waals surface area contributed by atoms with Crippen molar-refractivity contribution in [3.8, 4) is 0 Å². The van der Waals surface area contributed by atoms with E-state index in [4.69, 9.17) is 0 Å². The van der Waals surface area contributed by atoms with Gasteiger partial charge in [-0.2, -0.15) is 11.8 Å². The van der Waals surface area contributed by atoms with Crippen LogP contribution in [0.25, 0.3) is 0 Å². The van der Waals surface area contributed by atoms with Crippen LogP contribution >= 0.6 is 11.8 Å². The lowest BCUT2D eigenvalue weighted by Gasteiger charge is -2.16. The van der Waals surface area contributed by atoms with E-state index < -0.39 is 0 Å². The third-order valence-electron chi connectivity index (χ3n) is 2.70. The monoisotopic (exact) mass is 281 g/mol. The molecule has 1 aromatic rings. The topological polar surface area (TPSA) is 45.2 Å². The Balaban J connectivity index is 2.59. The number of thioether (sulfide) groups is 1. The van der Waals surface area contributed by atoms with E-state index in [1.165, 1.54) is 4.90 Å². The highest BCUT2D eigenvalue weighted by atomic mass is 32.2. The van der Waals surface area contributed by atoms with E-state index in [9.17, 15) is 4.79 Å². The van der Waals surface area contributed by atoms with Crippen LogP contribution in [0.1, 0.15) is 30.8 Å². The van der Waals surface area contributed by atoms with E-state index in [2.05, 4.69) is 24.1 Å². The first kappa shape index (κ1) is 15.8. The maximum Gasteiger partial charge on any atom is 0.272 e. The maximum atomic E-state index is 11.8. The van der Waals surface area contributed by atoms with Crippen molar-refractivity contribution < 1.29 is 4.79 Å². The van der Waals surface area contributed by atoms with Gasteiger partial charge in [-0.3, -0.25) is 9.78 Å². The van der Waals surface area contributed by atoms with Crippen LogP contribution in [0.4, 0.5) is 5.69 Å². The lowest BCUT2D eigenvalue weighted by atomic mass is 10.2. The average molecular weight is 281 g/mol. The van der Waals surface area contributed by atoms with Gasteiger partial charge in [0.2, 0.25) is 0 Å². The van der Waals surface area contributed by atoms with Gasteiger partial charge in [0.1, 0.15) is 5.69 Å². The zero-order valence-electron chi connectivity index (χ0n) is 12.1. The smallest absolute Gasteiger partial charge is 0.272 e. The summed E-state index contributed by atoms with van der Waals surface area (Å²) in [7, 11) is 3.46. The standard InChI is InChI=1S/C14H23N3OS/c1-5-19-9-7-11(2)16-12-6-8-15-13(10-12)14(18)17(3)4/h6,8,10-11H,5,7,9H2,1-4H3,(H,15,16). The van der Waals surface area contributed by atoms with Gasteiger partial charge in [-0.1, -0.05) is 6.92 Å². The van der Waals surface area contributed by atoms with Gasteiger partial charge in [0.15, 0.2) is 0 Å². The maximum absolute atomic E-state index is 11.8. The molecule has 106 valence electrons. The lowest BCUT2D eigenvalue weighted by Crippen LogP contribution is -2.23. The van der Waals surface area contributed by atoms with Crippen LogP contribution in [0.3, 0.4) is 0 Å². The molecule has 1 atom stereocenters. The van der Waals surface area contributed by atoms with Crippen LogP contribution in [0.15, 0.2) is 18.3 Å². The molecule has 1 aromatic heterocycles. The van der Waals surface area contributed by atoms with Crippen molar-refractivity contribution in [3.05, 3.63) is 24.0 Å². The number of hydrogen-bond acceptors (Lipinski definition) is 4. The molecule has 0 aliphatic carbocycles. The lowest BCUT2D eigenvalue weighted by molar-refractivity contribution is 0.0822. The summed E-state index contributed by atoms with van der Waals surface area (Å²) in [6.45, 7) is 4.33. The van der Waals surface area contributed by atoms with Crippen molar-refractivity contribution in [2.45, 2.75) is 26.3 Å². The number of pyridine rings is 1. The highest BCUT2D eigenvalue weighted by molar-refractivity contribution is 7.99. The molecule has 0 bridgehead atoms. The SMILES string of the molecule is CCSCCC(C)Nc1ccnc(C(=O)N(C)C)c1. The van der Waals surface area contributed by atoms with Gasteiger partial charge in [0.25, 0.3) is 5.91 Å². The first-order valence-corrected chi connectivity index (χ1v) is 7.72. The van der Waals surface area contributed by atoms with Gasteiger partial charge in [0, 0.05) is 32.0 Å². The second-order valence-electron chi connectivity index (χ2n) is 4.66. The summed E-state index contributed by atoms with van der Waals surface area (Å²) in [6, 6.07) is 4.10. The quantitative estimate of drug-likeness (QED) is 0.781. The largest absolute Gasteiger partial charge is 0.382 e. The molecule has 1 rings (SSSR count). The fourth-order valence-electron chi connectivity index (χ4n) is 1.63. The predicted molar refractivity (Wildman–Crippen MR) is 83.0 cm³/mol. The third kappa shape index (κ3) is 5.51. The molecule has 0 saturated carbocycles. The zero-order chi connectivity index (χ0) is 14.3. The van der Waals surface area contributed by atoms with Gasteiger partial charge in [-0.05, 0) is 37.0 Å². The first-order chi connectivity index (χ1) is 9.04. The summed E-state index contributed by atoms with van der Waals surface area (Å²) >= 11 is 1.95. The molecule has 1 amide bonds. The fourth-order valence-corrected chi connectivity index (χ4v) is 2.44. The number of amides is 1. The normalized spacial score (nSPS) is 12.0. The Hall–Kier alpha value is -1.23. The summed E-state index contributed by atoms with van der Waals surface area (Å²) in [5.74, 6) is 2.24. The van der Waals surface area contributed by atoms with E-state index in [0.29, 0.717) is 11.7 Å². The Morgan fingerprint density at radius 3 is 2.89 bits per heavy atom. The van der Waals surface area contributed by atoms with Crippen LogP contribution in [0.5, 0.6) is 0 Å². The average Bonchev–Trinajstić information content (AvgIpc) is 2.38. The first-order valence-electron chi connectivity index (χ1n) is 6.56. The van der Waals surface area contributed by atoms with E-state index in [-0.39, 0.29) is 5.91 Å². The van der Waals surface area contributed by atoms with Crippen molar-refractivity contribution >= 4 is 23.4 Å². The van der Waals surface area contributed by atoms with Gasteiger partial charge < -0.3 is 10.2 Å². The van der Waals surface area contributed by atoms with Crippen LogP contribution in [-0.4, -0.2) is 47.4 Å². The number of aromatic nitrogens is 1. The molecule has 0 aliphatic heterocycles. The minimum atomic E-state index is -0.0714. The molecule has 0 aromatic carbocycles. The molecule has 4 nitrogen and oxygen atoms in total. The summed E-state index contributed by atoms with van der Waals surface area (Å²) in [6.07, 6.45) is 2.78. The van der Waals surface area contributed by atoms with Gasteiger partial charge >= 0.3 is 0 Å². The number of rotatable bonds is 7. The van der Waals surface area contributed by atoms with Gasteiger partial charge in [-0.25, -0.2) is 0 Å². The minimum absolute atomic E-state index is 0.0714. The summed E-state index contributed by atoms with van der Waals surface area (Å²) < 4.78 is 0. The van der Waals surface area contributed by atoms with Crippen LogP contribution in [0, 0.1) is 0 Å². The van der Waals surface area contributed by atoms with E-state index in [1.807, 2.05) is 23.9 Å². The van der Waals surface area contributed by atoms with E-state index in [0.717, 1.165) is 23.6 Å². The fraction of sp³-hybridized carbons (Fsp3) is 0.571. The number of hydrogen-bond donors (Lipinski definition) is 1. The van der Waals surface area contributed by atoms with E-state index in [1.54, 1.807) is 20.3 Å². The Morgan fingerprint density at radius 2 is 2.26 bits per heavy atom. The van der Waals surface area contributed by atoms with Crippen molar-refractivity contribution in [2.75, 3.05) is 30.9 Å². The Labute approximate surface area is 120 Å². The highest BCUT2D eigenvalue weighted by Crippen LogP contribution is 2.13. The van der Waals surface area contributed by atoms with Gasteiger partial charge in [0.05, 0.1) is 0 Å². The van der Waals surface area contributed by atoms with Crippen LogP contribution in [0.2, 0.25) is 0 Å². The number of anilines is 1. The minimum Gasteiger partial charge on any atom is -0.382 e. The second kappa shape index (κ2) is 8.04. The van der Waals surface area contributed by atoms with Gasteiger partial charge in [-0.15, -0.1) is 0 Å². The molecule has 1 unspecified atom stereocenters. The highest BCUT2D eigenvalue weighted by Gasteiger charge is 2.10. The molecule has 1 heterocycles. The van der Waals surface area contributed by atoms with Crippen molar-refractivity contribution in [3.63, 3.8) is 0 Å². The molecule has 0 fully saturated rings.